The fourth-order valence-electron chi connectivity index (χ4n) is 2.69. The Balaban J connectivity index is 2.03. The second-order valence-electron chi connectivity index (χ2n) is 4.93. The van der Waals surface area contributed by atoms with Crippen molar-refractivity contribution in [2.24, 2.45) is 0 Å². The Morgan fingerprint density at radius 3 is 2.85 bits per heavy atom. The zero-order chi connectivity index (χ0) is 14.1. The Morgan fingerprint density at radius 2 is 2.10 bits per heavy atom. The van der Waals surface area contributed by atoms with Crippen molar-refractivity contribution in [2.75, 3.05) is 7.11 Å². The van der Waals surface area contributed by atoms with Gasteiger partial charge >= 0.3 is 0 Å². The van der Waals surface area contributed by atoms with E-state index in [9.17, 15) is 0 Å². The van der Waals surface area contributed by atoms with Crippen LogP contribution < -0.4 is 4.74 Å². The smallest absolute Gasteiger partial charge is 0.128 e. The summed E-state index contributed by atoms with van der Waals surface area (Å²) in [6.45, 7) is 5.87. The van der Waals surface area contributed by atoms with Gasteiger partial charge in [0, 0.05) is 18.1 Å². The first kappa shape index (κ1) is 12.8. The Morgan fingerprint density at radius 1 is 1.25 bits per heavy atom. The summed E-state index contributed by atoms with van der Waals surface area (Å²) in [5.74, 6) is 0.918. The number of hydrogen-bond donors (Lipinski definition) is 0. The molecule has 4 heteroatoms. The lowest BCUT2D eigenvalue weighted by atomic mass is 10.2. The topological polar surface area (TPSA) is 32.0 Å². The van der Waals surface area contributed by atoms with Crippen LogP contribution in [0.15, 0.2) is 36.5 Å². The third-order valence-electron chi connectivity index (χ3n) is 3.61. The summed E-state index contributed by atoms with van der Waals surface area (Å²) in [7, 11) is 1.71. The highest BCUT2D eigenvalue weighted by Gasteiger charge is 2.09. The van der Waals surface area contributed by atoms with Crippen LogP contribution in [0.3, 0.4) is 0 Å². The minimum Gasteiger partial charge on any atom is -0.496 e. The first-order valence-corrected chi connectivity index (χ1v) is 6.88. The van der Waals surface area contributed by atoms with Gasteiger partial charge in [-0.3, -0.25) is 4.68 Å². The zero-order valence-corrected chi connectivity index (χ0v) is 12.1. The van der Waals surface area contributed by atoms with Gasteiger partial charge in [0.1, 0.15) is 5.75 Å². The number of ether oxygens (including phenoxy) is 1. The van der Waals surface area contributed by atoms with Gasteiger partial charge in [-0.25, -0.2) is 0 Å². The van der Waals surface area contributed by atoms with Gasteiger partial charge in [-0.05, 0) is 38.1 Å². The van der Waals surface area contributed by atoms with E-state index >= 15 is 0 Å². The van der Waals surface area contributed by atoms with Crippen molar-refractivity contribution >= 4 is 10.9 Å². The number of methoxy groups -OCH3 is 1. The van der Waals surface area contributed by atoms with Crippen molar-refractivity contribution in [3.8, 4) is 5.75 Å². The number of aryl methyl sites for hydroxylation is 2. The van der Waals surface area contributed by atoms with Crippen molar-refractivity contribution in [1.29, 1.82) is 0 Å². The maximum absolute atomic E-state index is 5.41. The fourth-order valence-corrected chi connectivity index (χ4v) is 2.69. The first-order valence-electron chi connectivity index (χ1n) is 6.88. The molecule has 3 aromatic rings. The molecule has 0 spiro atoms. The van der Waals surface area contributed by atoms with Gasteiger partial charge in [0.05, 0.1) is 30.6 Å². The van der Waals surface area contributed by atoms with E-state index in [0.29, 0.717) is 0 Å². The van der Waals surface area contributed by atoms with Crippen molar-refractivity contribution in [3.05, 3.63) is 47.9 Å². The molecule has 0 bridgehead atoms. The van der Waals surface area contributed by atoms with Crippen molar-refractivity contribution in [2.45, 2.75) is 26.9 Å². The van der Waals surface area contributed by atoms with E-state index in [0.717, 1.165) is 29.9 Å². The number of fused-ring (bicyclic) bond motifs is 1. The van der Waals surface area contributed by atoms with Crippen LogP contribution in [0.5, 0.6) is 5.75 Å². The Bertz CT molecular complexity index is 739. The molecule has 0 saturated carbocycles. The van der Waals surface area contributed by atoms with Crippen LogP contribution in [0.2, 0.25) is 0 Å². The van der Waals surface area contributed by atoms with Crippen LogP contribution in [0, 0.1) is 6.92 Å². The molecule has 0 aliphatic rings. The molecule has 0 saturated heterocycles. The van der Waals surface area contributed by atoms with E-state index < -0.39 is 0 Å². The lowest BCUT2D eigenvalue weighted by molar-refractivity contribution is 0.420. The first-order chi connectivity index (χ1) is 9.72. The quantitative estimate of drug-likeness (QED) is 0.728. The standard InChI is InChI=1S/C16H19N3O/c1-4-19-13(10-12(2)17-19)11-18-9-8-14-15(18)6-5-7-16(14)20-3/h5-10H,4,11H2,1-3H3. The molecule has 0 amide bonds. The largest absolute Gasteiger partial charge is 0.496 e. The SMILES string of the molecule is CCn1nc(C)cc1Cn1ccc2c(OC)cccc21. The van der Waals surface area contributed by atoms with Gasteiger partial charge in [0.15, 0.2) is 0 Å². The van der Waals surface area contributed by atoms with Crippen molar-refractivity contribution in [3.63, 3.8) is 0 Å². The molecular weight excluding hydrogens is 250 g/mol. The predicted octanol–water partition coefficient (Wildman–Crippen LogP) is 3.22. The summed E-state index contributed by atoms with van der Waals surface area (Å²) in [5, 5.41) is 5.65. The summed E-state index contributed by atoms with van der Waals surface area (Å²) in [4.78, 5) is 0. The molecule has 0 fully saturated rings. The number of rotatable bonds is 4. The molecule has 2 heterocycles. The van der Waals surface area contributed by atoms with Crippen molar-refractivity contribution in [1.82, 2.24) is 14.3 Å². The second-order valence-corrected chi connectivity index (χ2v) is 4.93. The van der Waals surface area contributed by atoms with E-state index in [-0.39, 0.29) is 0 Å². The van der Waals surface area contributed by atoms with E-state index in [1.54, 1.807) is 7.11 Å². The maximum atomic E-state index is 5.41. The summed E-state index contributed by atoms with van der Waals surface area (Å²) in [6, 6.07) is 10.4. The van der Waals surface area contributed by atoms with Crippen LogP contribution in [-0.4, -0.2) is 21.5 Å². The molecule has 0 atom stereocenters. The number of aromatic nitrogens is 3. The van der Waals surface area contributed by atoms with Gasteiger partial charge in [-0.1, -0.05) is 6.07 Å². The van der Waals surface area contributed by atoms with Gasteiger partial charge < -0.3 is 9.30 Å². The maximum Gasteiger partial charge on any atom is 0.128 e. The molecule has 0 N–H and O–H groups in total. The number of benzene rings is 1. The summed E-state index contributed by atoms with van der Waals surface area (Å²) < 4.78 is 9.70. The highest BCUT2D eigenvalue weighted by atomic mass is 16.5. The second kappa shape index (κ2) is 5.04. The summed E-state index contributed by atoms with van der Waals surface area (Å²) in [5.41, 5.74) is 3.48. The highest BCUT2D eigenvalue weighted by Crippen LogP contribution is 2.26. The molecule has 2 aromatic heterocycles. The monoisotopic (exact) mass is 269 g/mol. The Kier molecular flexibility index (Phi) is 3.22. The van der Waals surface area contributed by atoms with E-state index in [1.165, 1.54) is 11.2 Å². The summed E-state index contributed by atoms with van der Waals surface area (Å²) >= 11 is 0. The molecule has 0 aliphatic carbocycles. The van der Waals surface area contributed by atoms with Gasteiger partial charge in [-0.15, -0.1) is 0 Å². The molecule has 20 heavy (non-hydrogen) atoms. The van der Waals surface area contributed by atoms with Gasteiger partial charge in [0.25, 0.3) is 0 Å². The van der Waals surface area contributed by atoms with Gasteiger partial charge in [-0.2, -0.15) is 5.10 Å². The van der Waals surface area contributed by atoms with Crippen LogP contribution >= 0.6 is 0 Å². The molecule has 0 radical (unpaired) electrons. The minimum atomic E-state index is 0.825. The average molecular weight is 269 g/mol. The highest BCUT2D eigenvalue weighted by molar-refractivity contribution is 5.86. The molecule has 3 rings (SSSR count). The lowest BCUT2D eigenvalue weighted by Crippen LogP contribution is -2.07. The van der Waals surface area contributed by atoms with Gasteiger partial charge in [0.2, 0.25) is 0 Å². The van der Waals surface area contributed by atoms with E-state index in [2.05, 4.69) is 45.7 Å². The van der Waals surface area contributed by atoms with Crippen LogP contribution in [0.25, 0.3) is 10.9 Å². The molecular formula is C16H19N3O. The third-order valence-corrected chi connectivity index (χ3v) is 3.61. The minimum absolute atomic E-state index is 0.825. The van der Waals surface area contributed by atoms with Crippen molar-refractivity contribution < 1.29 is 4.74 Å². The molecule has 104 valence electrons. The van der Waals surface area contributed by atoms with Crippen LogP contribution in [-0.2, 0) is 13.1 Å². The molecule has 0 unspecified atom stereocenters. The molecule has 4 nitrogen and oxygen atoms in total. The Labute approximate surface area is 118 Å². The lowest BCUT2D eigenvalue weighted by Gasteiger charge is -2.08. The normalized spacial score (nSPS) is 11.2. The van der Waals surface area contributed by atoms with E-state index in [1.807, 2.05) is 19.1 Å². The van der Waals surface area contributed by atoms with Crippen LogP contribution in [0.4, 0.5) is 0 Å². The zero-order valence-electron chi connectivity index (χ0n) is 12.1. The Hall–Kier alpha value is -2.23. The van der Waals surface area contributed by atoms with E-state index in [4.69, 9.17) is 4.74 Å². The third kappa shape index (κ3) is 2.07. The predicted molar refractivity (Wildman–Crippen MR) is 80.2 cm³/mol. The number of nitrogens with zero attached hydrogens (tertiary/aromatic N) is 3. The summed E-state index contributed by atoms with van der Waals surface area (Å²) in [6.07, 6.45) is 2.11. The number of hydrogen-bond acceptors (Lipinski definition) is 2. The molecule has 0 aliphatic heterocycles. The average Bonchev–Trinajstić information content (AvgIpc) is 3.03. The van der Waals surface area contributed by atoms with Crippen LogP contribution in [0.1, 0.15) is 18.3 Å². The molecule has 1 aromatic carbocycles. The fraction of sp³-hybridized carbons (Fsp3) is 0.312.